The Balaban J connectivity index is 0.000000220. The molecular formula is C61H68Cl2N12O9. The summed E-state index contributed by atoms with van der Waals surface area (Å²) < 4.78 is 17.0. The molecule has 2 aliphatic rings. The maximum atomic E-state index is 12.7. The average Bonchev–Trinajstić information content (AvgIpc) is 3.00. The quantitative estimate of drug-likeness (QED) is 0.0632. The second-order valence-corrected chi connectivity index (χ2v) is 20.8. The van der Waals surface area contributed by atoms with E-state index in [0.717, 1.165) is 61.2 Å². The van der Waals surface area contributed by atoms with Crippen molar-refractivity contribution in [3.05, 3.63) is 154 Å². The molecule has 2 aromatic carbocycles. The summed E-state index contributed by atoms with van der Waals surface area (Å²) in [6.07, 6.45) is 16.4. The van der Waals surface area contributed by atoms with Crippen LogP contribution in [0.2, 0.25) is 10.0 Å². The number of aromatic nitrogens is 6. The van der Waals surface area contributed by atoms with Crippen molar-refractivity contribution < 1.29 is 42.7 Å². The maximum Gasteiger partial charge on any atom is 0.410 e. The summed E-state index contributed by atoms with van der Waals surface area (Å²) in [7, 11) is 0. The molecule has 0 radical (unpaired) electrons. The number of aromatic carboxylic acids is 1. The summed E-state index contributed by atoms with van der Waals surface area (Å²) in [5.41, 5.74) is 15.2. The second-order valence-electron chi connectivity index (χ2n) is 20.0. The molecule has 8 heterocycles. The van der Waals surface area contributed by atoms with E-state index in [9.17, 15) is 24.0 Å². The Morgan fingerprint density at radius 3 is 1.42 bits per heavy atom. The van der Waals surface area contributed by atoms with Gasteiger partial charge >= 0.3 is 12.1 Å². The van der Waals surface area contributed by atoms with E-state index in [0.29, 0.717) is 98.6 Å². The highest BCUT2D eigenvalue weighted by atomic mass is 35.5. The lowest BCUT2D eigenvalue weighted by Crippen LogP contribution is -2.48. The zero-order valence-corrected chi connectivity index (χ0v) is 46.7. The van der Waals surface area contributed by atoms with Crippen LogP contribution in [0.1, 0.15) is 91.8 Å². The van der Waals surface area contributed by atoms with E-state index in [1.54, 1.807) is 89.2 Å². The van der Waals surface area contributed by atoms with Crippen LogP contribution in [0.4, 0.5) is 16.4 Å². The highest BCUT2D eigenvalue weighted by molar-refractivity contribution is 6.35. The molecule has 2 aliphatic heterocycles. The highest BCUT2D eigenvalue weighted by Crippen LogP contribution is 2.34. The van der Waals surface area contributed by atoms with E-state index in [1.807, 2.05) is 39.0 Å². The lowest BCUT2D eigenvalue weighted by Gasteiger charge is -2.30. The Hall–Kier alpha value is -8.89. The number of pyridine rings is 2. The number of nitrogen functional groups attached to an aromatic ring is 2. The van der Waals surface area contributed by atoms with E-state index in [4.69, 9.17) is 53.3 Å². The third kappa shape index (κ3) is 18.3. The standard InChI is InChI=1S/C27H25ClN6O3.C23H17ClN4O4.C9H18N2O2.2CH4/c28-23-13-19(26-32-15-20(16-33-26)27(36)34-9-7-30-8-10-34)11-18-12-22(37-25(18)23)5-4-21(35)3-1-17-2-6-24(29)31-14-17;24-19-9-15(22-27-11-16(12-28-22)23(30)31)7-14-8-18(32-21(14)19)5-4-17(29)3-1-13-2-6-20(25)26-10-13;1-9(2,3)13-8(12)11-6-4-10-5-7-11;;/h1-3,6,11-16,30H,4-5,7-10H2,(H2,29,31);1-3,6-12H,4-5H2,(H2,25,26)(H,30,31);10H,4-7H2,1-3H3;2*1H4/b2*3-1+;;;. The van der Waals surface area contributed by atoms with Crippen LogP contribution < -0.4 is 22.1 Å². The minimum absolute atomic E-state index is 0. The molecule has 2 saturated heterocycles. The number of ether oxygens (including phenoxy) is 1. The van der Waals surface area contributed by atoms with Crippen molar-refractivity contribution in [1.29, 1.82) is 0 Å². The third-order valence-corrected chi connectivity index (χ3v) is 13.1. The molecule has 84 heavy (non-hydrogen) atoms. The predicted molar refractivity (Wildman–Crippen MR) is 326 cm³/mol. The van der Waals surface area contributed by atoms with Crippen molar-refractivity contribution in [2.75, 3.05) is 63.8 Å². The number of aryl methyl sites for hydroxylation is 2. The van der Waals surface area contributed by atoms with Gasteiger partial charge in [0.25, 0.3) is 5.91 Å². The molecule has 440 valence electrons. The van der Waals surface area contributed by atoms with Crippen molar-refractivity contribution in [2.45, 2.75) is 66.9 Å². The molecule has 0 bridgehead atoms. The molecule has 2 amide bonds. The SMILES string of the molecule is C.C.CC(C)(C)OC(=O)N1CCNCC1.Nc1ccc(/C=C/C(=O)CCc2cc3cc(-c4ncc(C(=O)N5CCNCC5)cn4)cc(Cl)c3o2)cn1.Nc1ccc(/C=C/C(=O)CCc2cc3cc(-c4ncc(C(=O)O)cn4)cc(Cl)c3o2)cn1. The van der Waals surface area contributed by atoms with Crippen LogP contribution in [-0.4, -0.2) is 132 Å². The van der Waals surface area contributed by atoms with Gasteiger partial charge in [-0.05, 0) is 117 Å². The number of hydrogen-bond acceptors (Lipinski definition) is 18. The fraction of sp³-hybridized carbons (Fsp3) is 0.295. The molecular weight excluding hydrogens is 1120 g/mol. The molecule has 0 unspecified atom stereocenters. The van der Waals surface area contributed by atoms with Gasteiger partial charge in [-0.2, -0.15) is 0 Å². The molecule has 10 rings (SSSR count). The summed E-state index contributed by atoms with van der Waals surface area (Å²) in [6, 6.07) is 17.7. The van der Waals surface area contributed by atoms with E-state index in [1.165, 1.54) is 24.5 Å². The second kappa shape index (κ2) is 29.9. The third-order valence-electron chi connectivity index (χ3n) is 12.5. The summed E-state index contributed by atoms with van der Waals surface area (Å²) in [4.78, 5) is 88.1. The molecule has 0 spiro atoms. The number of piperazine rings is 2. The van der Waals surface area contributed by atoms with Gasteiger partial charge in [0, 0.05) is 137 Å². The number of hydrogen-bond donors (Lipinski definition) is 5. The molecule has 0 saturated carbocycles. The lowest BCUT2D eigenvalue weighted by atomic mass is 10.1. The minimum atomic E-state index is -1.10. The Kier molecular flexibility index (Phi) is 22.9. The smallest absolute Gasteiger partial charge is 0.410 e. The number of nitrogens with zero attached hydrogens (tertiary/aromatic N) is 8. The molecule has 8 aromatic rings. The van der Waals surface area contributed by atoms with Gasteiger partial charge < -0.3 is 50.6 Å². The first-order valence-corrected chi connectivity index (χ1v) is 27.0. The van der Waals surface area contributed by atoms with Gasteiger partial charge in [0.05, 0.1) is 21.2 Å². The molecule has 2 fully saturated rings. The van der Waals surface area contributed by atoms with E-state index in [2.05, 4.69) is 40.5 Å². The number of rotatable bonds is 14. The van der Waals surface area contributed by atoms with Gasteiger partial charge in [0.1, 0.15) is 28.8 Å². The molecule has 0 atom stereocenters. The first-order valence-electron chi connectivity index (χ1n) is 26.2. The molecule has 21 nitrogen and oxygen atoms in total. The van der Waals surface area contributed by atoms with Crippen molar-refractivity contribution in [2.24, 2.45) is 0 Å². The van der Waals surface area contributed by atoms with Crippen LogP contribution in [0.25, 0.3) is 56.9 Å². The number of carboxylic acid groups (broad SMARTS) is 1. The average molecular weight is 1180 g/mol. The van der Waals surface area contributed by atoms with Crippen LogP contribution in [0.3, 0.4) is 0 Å². The van der Waals surface area contributed by atoms with Gasteiger partial charge in [-0.25, -0.2) is 39.5 Å². The van der Waals surface area contributed by atoms with Gasteiger partial charge in [-0.3, -0.25) is 14.4 Å². The van der Waals surface area contributed by atoms with Gasteiger partial charge in [-0.1, -0.05) is 38.1 Å². The van der Waals surface area contributed by atoms with Crippen LogP contribution >= 0.6 is 23.2 Å². The van der Waals surface area contributed by atoms with Gasteiger partial charge in [-0.15, -0.1) is 0 Å². The summed E-state index contributed by atoms with van der Waals surface area (Å²) in [6.45, 7) is 11.7. The van der Waals surface area contributed by atoms with Crippen molar-refractivity contribution in [3.63, 3.8) is 0 Å². The first kappa shape index (κ1) is 64.3. The number of anilines is 2. The van der Waals surface area contributed by atoms with E-state index >= 15 is 0 Å². The zero-order chi connectivity index (χ0) is 58.3. The van der Waals surface area contributed by atoms with Crippen LogP contribution in [0.5, 0.6) is 0 Å². The number of amides is 2. The number of furan rings is 2. The molecule has 6 aromatic heterocycles. The fourth-order valence-corrected chi connectivity index (χ4v) is 8.83. The Morgan fingerprint density at radius 1 is 0.607 bits per heavy atom. The largest absolute Gasteiger partial charge is 0.478 e. The Bertz CT molecular complexity index is 3610. The topological polar surface area (TPSA) is 301 Å². The number of nitrogens with two attached hydrogens (primary N) is 2. The first-order chi connectivity index (χ1) is 39.3. The van der Waals surface area contributed by atoms with E-state index in [-0.39, 0.29) is 62.4 Å². The van der Waals surface area contributed by atoms with Crippen molar-refractivity contribution in [1.82, 2.24) is 50.3 Å². The minimum Gasteiger partial charge on any atom is -0.478 e. The number of benzene rings is 2. The summed E-state index contributed by atoms with van der Waals surface area (Å²) in [5, 5.41) is 17.7. The van der Waals surface area contributed by atoms with Crippen molar-refractivity contribution in [3.8, 4) is 22.8 Å². The summed E-state index contributed by atoms with van der Waals surface area (Å²) >= 11 is 12.9. The van der Waals surface area contributed by atoms with Crippen molar-refractivity contribution >= 4 is 98.5 Å². The number of nitrogens with one attached hydrogen (secondary N) is 2. The van der Waals surface area contributed by atoms with E-state index < -0.39 is 5.97 Å². The number of carbonyl (C=O) groups excluding carboxylic acids is 4. The van der Waals surface area contributed by atoms with Gasteiger partial charge in [0.2, 0.25) is 0 Å². The van der Waals surface area contributed by atoms with Crippen LogP contribution in [0.15, 0.2) is 119 Å². The number of halogens is 2. The number of carboxylic acids is 1. The van der Waals surface area contributed by atoms with Crippen LogP contribution in [-0.2, 0) is 27.2 Å². The highest BCUT2D eigenvalue weighted by Gasteiger charge is 2.24. The number of ketones is 2. The number of allylic oxidation sites excluding steroid dienone is 2. The number of fused-ring (bicyclic) bond motifs is 2. The molecule has 23 heteroatoms. The lowest BCUT2D eigenvalue weighted by molar-refractivity contribution is -0.115. The Morgan fingerprint density at radius 2 is 1.02 bits per heavy atom. The Labute approximate surface area is 496 Å². The number of carbonyl (C=O) groups is 5. The van der Waals surface area contributed by atoms with Crippen LogP contribution in [0, 0.1) is 0 Å². The predicted octanol–water partition coefficient (Wildman–Crippen LogP) is 10.3. The molecule has 0 aliphatic carbocycles. The van der Waals surface area contributed by atoms with Gasteiger partial charge in [0.15, 0.2) is 34.4 Å². The monoisotopic (exact) mass is 1180 g/mol. The normalized spacial score (nSPS) is 13.3. The zero-order valence-electron chi connectivity index (χ0n) is 45.2. The fourth-order valence-electron chi connectivity index (χ4n) is 8.30. The summed E-state index contributed by atoms with van der Waals surface area (Å²) in [5.74, 6) is 1.67. The maximum absolute atomic E-state index is 12.7. The molecule has 7 N–H and O–H groups in total.